The molecule has 0 radical (unpaired) electrons. The predicted molar refractivity (Wildman–Crippen MR) is 65.7 cm³/mol. The smallest absolute Gasteiger partial charge is 0.117 e. The van der Waals surface area contributed by atoms with E-state index in [1.807, 2.05) is 43.4 Å². The Balaban J connectivity index is 2.05. The number of hydrogen-bond donors (Lipinski definition) is 1. The zero-order valence-electron chi connectivity index (χ0n) is 9.16. The van der Waals surface area contributed by atoms with Crippen LogP contribution in [0, 0.1) is 0 Å². The number of furan rings is 1. The van der Waals surface area contributed by atoms with Crippen LogP contribution in [0.1, 0.15) is 17.1 Å². The molecule has 1 heterocycles. The third-order valence-electron chi connectivity index (χ3n) is 2.36. The van der Waals surface area contributed by atoms with Crippen molar-refractivity contribution in [1.82, 2.24) is 5.32 Å². The SMILES string of the molecule is CNCc1ccc(Cc2ccc(Cl)cc2)o1. The van der Waals surface area contributed by atoms with E-state index < -0.39 is 0 Å². The number of benzene rings is 1. The van der Waals surface area contributed by atoms with Crippen LogP contribution in [-0.4, -0.2) is 7.05 Å². The molecule has 3 heteroatoms. The first-order valence-corrected chi connectivity index (χ1v) is 5.62. The van der Waals surface area contributed by atoms with Gasteiger partial charge in [-0.15, -0.1) is 0 Å². The second kappa shape index (κ2) is 5.19. The van der Waals surface area contributed by atoms with Gasteiger partial charge >= 0.3 is 0 Å². The maximum absolute atomic E-state index is 5.83. The highest BCUT2D eigenvalue weighted by Gasteiger charge is 2.02. The van der Waals surface area contributed by atoms with E-state index in [0.29, 0.717) is 0 Å². The van der Waals surface area contributed by atoms with Crippen LogP contribution in [0.4, 0.5) is 0 Å². The fraction of sp³-hybridized carbons (Fsp3) is 0.231. The van der Waals surface area contributed by atoms with Crippen molar-refractivity contribution in [3.8, 4) is 0 Å². The second-order valence-corrected chi connectivity index (χ2v) is 4.14. The van der Waals surface area contributed by atoms with Crippen LogP contribution in [0.2, 0.25) is 5.02 Å². The molecule has 0 atom stereocenters. The summed E-state index contributed by atoms with van der Waals surface area (Å²) in [6, 6.07) is 11.8. The van der Waals surface area contributed by atoms with E-state index in [4.69, 9.17) is 16.0 Å². The summed E-state index contributed by atoms with van der Waals surface area (Å²) in [5.41, 5.74) is 1.20. The Kier molecular flexibility index (Phi) is 3.65. The van der Waals surface area contributed by atoms with Crippen LogP contribution in [-0.2, 0) is 13.0 Å². The van der Waals surface area contributed by atoms with Gasteiger partial charge in [0.2, 0.25) is 0 Å². The molecule has 0 unspecified atom stereocenters. The lowest BCUT2D eigenvalue weighted by Crippen LogP contribution is -2.03. The number of rotatable bonds is 4. The summed E-state index contributed by atoms with van der Waals surface area (Å²) in [4.78, 5) is 0. The summed E-state index contributed by atoms with van der Waals surface area (Å²) in [6.45, 7) is 0.765. The van der Waals surface area contributed by atoms with Gasteiger partial charge in [0.1, 0.15) is 11.5 Å². The number of nitrogens with one attached hydrogen (secondary N) is 1. The highest BCUT2D eigenvalue weighted by molar-refractivity contribution is 6.30. The van der Waals surface area contributed by atoms with Crippen molar-refractivity contribution in [1.29, 1.82) is 0 Å². The molecule has 0 aliphatic rings. The lowest BCUT2D eigenvalue weighted by molar-refractivity contribution is 0.462. The monoisotopic (exact) mass is 235 g/mol. The first kappa shape index (κ1) is 11.2. The van der Waals surface area contributed by atoms with E-state index in [0.717, 1.165) is 29.5 Å². The van der Waals surface area contributed by atoms with Crippen molar-refractivity contribution in [2.75, 3.05) is 7.05 Å². The maximum atomic E-state index is 5.83. The molecule has 2 nitrogen and oxygen atoms in total. The van der Waals surface area contributed by atoms with Gasteiger partial charge in [-0.3, -0.25) is 0 Å². The predicted octanol–water partition coefficient (Wildman–Crippen LogP) is 3.24. The van der Waals surface area contributed by atoms with Gasteiger partial charge in [0.05, 0.1) is 6.54 Å². The fourth-order valence-corrected chi connectivity index (χ4v) is 1.72. The van der Waals surface area contributed by atoms with Crippen LogP contribution >= 0.6 is 11.6 Å². The summed E-state index contributed by atoms with van der Waals surface area (Å²) in [7, 11) is 1.90. The van der Waals surface area contributed by atoms with Crippen LogP contribution in [0.25, 0.3) is 0 Å². The standard InChI is InChI=1S/C13H14ClNO/c1-15-9-13-7-6-12(16-13)8-10-2-4-11(14)5-3-10/h2-7,15H,8-9H2,1H3. The van der Waals surface area contributed by atoms with Crippen molar-refractivity contribution in [2.24, 2.45) is 0 Å². The van der Waals surface area contributed by atoms with Gasteiger partial charge < -0.3 is 9.73 Å². The highest BCUT2D eigenvalue weighted by atomic mass is 35.5. The van der Waals surface area contributed by atoms with Gasteiger partial charge in [0.25, 0.3) is 0 Å². The molecule has 1 aromatic heterocycles. The summed E-state index contributed by atoms with van der Waals surface area (Å²) in [5, 5.41) is 3.82. The number of hydrogen-bond acceptors (Lipinski definition) is 2. The molecule has 0 spiro atoms. The Morgan fingerprint density at radius 3 is 2.44 bits per heavy atom. The Hall–Kier alpha value is -1.25. The summed E-state index contributed by atoms with van der Waals surface area (Å²) in [6.07, 6.45) is 0.806. The van der Waals surface area contributed by atoms with Crippen LogP contribution in [0.5, 0.6) is 0 Å². The Bertz CT molecular complexity index is 447. The second-order valence-electron chi connectivity index (χ2n) is 3.70. The van der Waals surface area contributed by atoms with Gasteiger partial charge in [0.15, 0.2) is 0 Å². The van der Waals surface area contributed by atoms with E-state index in [9.17, 15) is 0 Å². The van der Waals surface area contributed by atoms with Crippen molar-refractivity contribution in [3.05, 3.63) is 58.5 Å². The minimum atomic E-state index is 0.763. The minimum absolute atomic E-state index is 0.763. The quantitative estimate of drug-likeness (QED) is 0.880. The lowest BCUT2D eigenvalue weighted by atomic mass is 10.1. The van der Waals surface area contributed by atoms with Gasteiger partial charge in [-0.2, -0.15) is 0 Å². The minimum Gasteiger partial charge on any atom is -0.464 e. The molecule has 0 bridgehead atoms. The molecule has 16 heavy (non-hydrogen) atoms. The maximum Gasteiger partial charge on any atom is 0.117 e. The molecule has 0 amide bonds. The molecule has 2 aromatic rings. The molecule has 84 valence electrons. The van der Waals surface area contributed by atoms with E-state index in [-0.39, 0.29) is 0 Å². The van der Waals surface area contributed by atoms with Gasteiger partial charge in [-0.05, 0) is 36.9 Å². The third kappa shape index (κ3) is 2.87. The van der Waals surface area contributed by atoms with E-state index in [1.165, 1.54) is 5.56 Å². The molecule has 1 N–H and O–H groups in total. The van der Waals surface area contributed by atoms with E-state index in [1.54, 1.807) is 0 Å². The highest BCUT2D eigenvalue weighted by Crippen LogP contribution is 2.15. The summed E-state index contributed by atoms with van der Waals surface area (Å²) in [5.74, 6) is 1.94. The van der Waals surface area contributed by atoms with Gasteiger partial charge in [0, 0.05) is 11.4 Å². The number of halogens is 1. The average molecular weight is 236 g/mol. The Morgan fingerprint density at radius 1 is 1.06 bits per heavy atom. The van der Waals surface area contributed by atoms with Crippen LogP contribution < -0.4 is 5.32 Å². The molecule has 0 saturated carbocycles. The zero-order chi connectivity index (χ0) is 11.4. The Labute approximate surface area is 100 Å². The average Bonchev–Trinajstić information content (AvgIpc) is 2.70. The molecule has 0 saturated heterocycles. The molecular formula is C13H14ClNO. The van der Waals surface area contributed by atoms with Gasteiger partial charge in [-0.1, -0.05) is 23.7 Å². The lowest BCUT2D eigenvalue weighted by Gasteiger charge is -1.99. The largest absolute Gasteiger partial charge is 0.464 e. The van der Waals surface area contributed by atoms with Crippen LogP contribution in [0.3, 0.4) is 0 Å². The zero-order valence-corrected chi connectivity index (χ0v) is 9.92. The molecule has 2 rings (SSSR count). The van der Waals surface area contributed by atoms with Crippen molar-refractivity contribution in [3.63, 3.8) is 0 Å². The van der Waals surface area contributed by atoms with Crippen molar-refractivity contribution in [2.45, 2.75) is 13.0 Å². The molecule has 0 aliphatic carbocycles. The molecule has 0 aliphatic heterocycles. The third-order valence-corrected chi connectivity index (χ3v) is 2.61. The normalized spacial score (nSPS) is 10.6. The summed E-state index contributed by atoms with van der Waals surface area (Å²) >= 11 is 5.83. The first-order chi connectivity index (χ1) is 7.78. The molecule has 1 aromatic carbocycles. The topological polar surface area (TPSA) is 25.2 Å². The van der Waals surface area contributed by atoms with E-state index in [2.05, 4.69) is 5.32 Å². The fourth-order valence-electron chi connectivity index (χ4n) is 1.59. The van der Waals surface area contributed by atoms with Crippen molar-refractivity contribution < 1.29 is 4.42 Å². The Morgan fingerprint density at radius 2 is 1.75 bits per heavy atom. The van der Waals surface area contributed by atoms with Crippen LogP contribution in [0.15, 0.2) is 40.8 Å². The molecule has 0 fully saturated rings. The first-order valence-electron chi connectivity index (χ1n) is 5.24. The van der Waals surface area contributed by atoms with E-state index >= 15 is 0 Å². The molecular weight excluding hydrogens is 222 g/mol. The summed E-state index contributed by atoms with van der Waals surface area (Å²) < 4.78 is 5.66. The van der Waals surface area contributed by atoms with Crippen molar-refractivity contribution >= 4 is 11.6 Å². The van der Waals surface area contributed by atoms with Gasteiger partial charge in [-0.25, -0.2) is 0 Å².